The number of nitrogens with zero attached hydrogens (tertiary/aromatic N) is 3. The number of rotatable bonds is 3. The van der Waals surface area contributed by atoms with E-state index < -0.39 is 10.0 Å². The van der Waals surface area contributed by atoms with Gasteiger partial charge in [0.05, 0.1) is 29.4 Å². The van der Waals surface area contributed by atoms with Crippen LogP contribution in [-0.4, -0.2) is 40.7 Å². The van der Waals surface area contributed by atoms with E-state index in [0.717, 1.165) is 29.9 Å². The van der Waals surface area contributed by atoms with Crippen molar-refractivity contribution >= 4 is 10.0 Å². The van der Waals surface area contributed by atoms with E-state index in [0.29, 0.717) is 6.54 Å². The molecule has 1 fully saturated rings. The molecule has 7 heteroatoms. The van der Waals surface area contributed by atoms with Gasteiger partial charge in [-0.25, -0.2) is 13.4 Å². The van der Waals surface area contributed by atoms with Crippen molar-refractivity contribution in [1.29, 1.82) is 0 Å². The molecule has 1 aliphatic heterocycles. The fourth-order valence-electron chi connectivity index (χ4n) is 2.62. The summed E-state index contributed by atoms with van der Waals surface area (Å²) in [6.07, 6.45) is 4.60. The Hall–Kier alpha value is -1.73. The second-order valence-corrected chi connectivity index (χ2v) is 6.88. The minimum Gasteiger partial charge on any atom is -0.276 e. The smallest absolute Gasteiger partial charge is 0.211 e. The summed E-state index contributed by atoms with van der Waals surface area (Å²) in [4.78, 5) is 4.58. The first-order valence-corrected chi connectivity index (χ1v) is 8.34. The molecule has 0 unspecified atom stereocenters. The molecule has 0 amide bonds. The molecule has 3 rings (SSSR count). The molecule has 2 aromatic heterocycles. The summed E-state index contributed by atoms with van der Waals surface area (Å²) in [6, 6.07) is 7.35. The van der Waals surface area contributed by atoms with Crippen LogP contribution >= 0.6 is 0 Å². The minimum absolute atomic E-state index is 0.159. The fourth-order valence-corrected chi connectivity index (χ4v) is 3.75. The Bertz CT molecular complexity index is 697. The number of aromatic amines is 1. The van der Waals surface area contributed by atoms with E-state index in [1.165, 1.54) is 10.6 Å². The highest BCUT2D eigenvalue weighted by Gasteiger charge is 2.33. The lowest BCUT2D eigenvalue weighted by atomic mass is 10.1. The molecule has 3 heterocycles. The Kier molecular flexibility index (Phi) is 3.31. The summed E-state index contributed by atoms with van der Waals surface area (Å²) in [6.45, 7) is 0.569. The molecule has 1 atom stereocenters. The van der Waals surface area contributed by atoms with Gasteiger partial charge in [0.1, 0.15) is 0 Å². The van der Waals surface area contributed by atoms with E-state index in [1.807, 2.05) is 24.3 Å². The van der Waals surface area contributed by atoms with Crippen LogP contribution < -0.4 is 0 Å². The molecule has 2 aromatic rings. The van der Waals surface area contributed by atoms with Crippen LogP contribution in [0.15, 0.2) is 30.5 Å². The first-order chi connectivity index (χ1) is 9.55. The summed E-state index contributed by atoms with van der Waals surface area (Å²) < 4.78 is 25.2. The second kappa shape index (κ2) is 4.99. The van der Waals surface area contributed by atoms with Gasteiger partial charge in [-0.3, -0.25) is 5.10 Å². The lowest BCUT2D eigenvalue weighted by molar-refractivity contribution is 0.394. The number of nitrogens with one attached hydrogen (secondary N) is 1. The molecule has 6 nitrogen and oxygen atoms in total. The van der Waals surface area contributed by atoms with Crippen molar-refractivity contribution in [3.63, 3.8) is 0 Å². The van der Waals surface area contributed by atoms with Gasteiger partial charge in [0.25, 0.3) is 0 Å². The van der Waals surface area contributed by atoms with Gasteiger partial charge in [-0.15, -0.1) is 0 Å². The zero-order valence-electron chi connectivity index (χ0n) is 11.2. The fraction of sp³-hybridized carbons (Fsp3) is 0.385. The number of pyridine rings is 1. The molecule has 0 radical (unpaired) electrons. The first-order valence-electron chi connectivity index (χ1n) is 6.49. The van der Waals surface area contributed by atoms with E-state index in [9.17, 15) is 8.42 Å². The number of hydrogen-bond acceptors (Lipinski definition) is 4. The third-order valence-electron chi connectivity index (χ3n) is 3.52. The van der Waals surface area contributed by atoms with Crippen LogP contribution in [0.25, 0.3) is 11.4 Å². The van der Waals surface area contributed by atoms with Gasteiger partial charge in [-0.05, 0) is 31.0 Å². The molecular formula is C13H16N4O2S. The molecule has 20 heavy (non-hydrogen) atoms. The minimum atomic E-state index is -3.19. The molecule has 106 valence electrons. The summed E-state index contributed by atoms with van der Waals surface area (Å²) in [7, 11) is -3.19. The third kappa shape index (κ3) is 2.46. The maximum absolute atomic E-state index is 11.8. The van der Waals surface area contributed by atoms with Gasteiger partial charge in [0, 0.05) is 12.7 Å². The Balaban J connectivity index is 1.97. The van der Waals surface area contributed by atoms with Crippen LogP contribution in [0.1, 0.15) is 24.6 Å². The lowest BCUT2D eigenvalue weighted by Crippen LogP contribution is -2.29. The molecular weight excluding hydrogens is 276 g/mol. The molecule has 1 N–H and O–H groups in total. The van der Waals surface area contributed by atoms with E-state index in [4.69, 9.17) is 0 Å². The summed E-state index contributed by atoms with van der Waals surface area (Å²) in [5, 5.41) is 6.78. The highest BCUT2D eigenvalue weighted by atomic mass is 32.2. The molecule has 1 saturated heterocycles. The topological polar surface area (TPSA) is 79.0 Å². The molecule has 0 saturated carbocycles. The monoisotopic (exact) mass is 292 g/mol. The average Bonchev–Trinajstić information content (AvgIpc) is 3.10. The van der Waals surface area contributed by atoms with Crippen LogP contribution in [0.3, 0.4) is 0 Å². The second-order valence-electron chi connectivity index (χ2n) is 4.95. The van der Waals surface area contributed by atoms with Gasteiger partial charge in [-0.2, -0.15) is 9.40 Å². The van der Waals surface area contributed by atoms with Crippen molar-refractivity contribution in [2.24, 2.45) is 0 Å². The Morgan fingerprint density at radius 2 is 2.20 bits per heavy atom. The standard InChI is InChI=1S/C13H16N4O2S/c1-20(18,19)17-9-3-6-13(17)12-5-2-4-10(15-12)11-7-8-14-16-11/h2,4-5,7-8,13H,3,6,9H2,1H3,(H,14,16)/t13-/m0/s1. The summed E-state index contributed by atoms with van der Waals surface area (Å²) in [5.41, 5.74) is 2.40. The Labute approximate surface area is 117 Å². The van der Waals surface area contributed by atoms with Crippen molar-refractivity contribution < 1.29 is 8.42 Å². The van der Waals surface area contributed by atoms with Gasteiger partial charge >= 0.3 is 0 Å². The number of aromatic nitrogens is 3. The number of sulfonamides is 1. The maximum atomic E-state index is 11.8. The number of hydrogen-bond donors (Lipinski definition) is 1. The van der Waals surface area contributed by atoms with Crippen molar-refractivity contribution in [1.82, 2.24) is 19.5 Å². The molecule has 1 aliphatic rings. The van der Waals surface area contributed by atoms with Crippen LogP contribution in [0, 0.1) is 0 Å². The van der Waals surface area contributed by atoms with Crippen LogP contribution in [-0.2, 0) is 10.0 Å². The van der Waals surface area contributed by atoms with E-state index in [-0.39, 0.29) is 6.04 Å². The van der Waals surface area contributed by atoms with Gasteiger partial charge < -0.3 is 0 Å². The zero-order valence-corrected chi connectivity index (χ0v) is 12.0. The predicted octanol–water partition coefficient (Wildman–Crippen LogP) is 1.57. The van der Waals surface area contributed by atoms with Gasteiger partial charge in [0.2, 0.25) is 10.0 Å². The Morgan fingerprint density at radius 1 is 1.35 bits per heavy atom. The largest absolute Gasteiger partial charge is 0.276 e. The van der Waals surface area contributed by atoms with Crippen LogP contribution in [0.5, 0.6) is 0 Å². The summed E-state index contributed by atoms with van der Waals surface area (Å²) in [5.74, 6) is 0. The number of H-pyrrole nitrogens is 1. The Morgan fingerprint density at radius 3 is 2.90 bits per heavy atom. The van der Waals surface area contributed by atoms with Crippen molar-refractivity contribution in [3.05, 3.63) is 36.2 Å². The highest BCUT2D eigenvalue weighted by molar-refractivity contribution is 7.88. The van der Waals surface area contributed by atoms with Crippen LogP contribution in [0.4, 0.5) is 0 Å². The first kappa shape index (κ1) is 13.3. The third-order valence-corrected chi connectivity index (χ3v) is 4.81. The van der Waals surface area contributed by atoms with Crippen LogP contribution in [0.2, 0.25) is 0 Å². The van der Waals surface area contributed by atoms with Crippen molar-refractivity contribution in [3.8, 4) is 11.4 Å². The van der Waals surface area contributed by atoms with Crippen molar-refractivity contribution in [2.75, 3.05) is 12.8 Å². The highest BCUT2D eigenvalue weighted by Crippen LogP contribution is 2.33. The zero-order chi connectivity index (χ0) is 14.2. The maximum Gasteiger partial charge on any atom is 0.211 e. The van der Waals surface area contributed by atoms with Crippen molar-refractivity contribution in [2.45, 2.75) is 18.9 Å². The quantitative estimate of drug-likeness (QED) is 0.931. The molecule has 0 aromatic carbocycles. The van der Waals surface area contributed by atoms with Gasteiger partial charge in [0.15, 0.2) is 0 Å². The van der Waals surface area contributed by atoms with E-state index in [1.54, 1.807) is 6.20 Å². The normalized spacial score (nSPS) is 20.4. The molecule has 0 aliphatic carbocycles. The van der Waals surface area contributed by atoms with E-state index >= 15 is 0 Å². The average molecular weight is 292 g/mol. The SMILES string of the molecule is CS(=O)(=O)N1CCC[C@H]1c1cccc(-c2ccn[nH]2)n1. The predicted molar refractivity (Wildman–Crippen MR) is 75.3 cm³/mol. The van der Waals surface area contributed by atoms with E-state index in [2.05, 4.69) is 15.2 Å². The lowest BCUT2D eigenvalue weighted by Gasteiger charge is -2.21. The van der Waals surface area contributed by atoms with Gasteiger partial charge in [-0.1, -0.05) is 6.07 Å². The molecule has 0 spiro atoms. The summed E-state index contributed by atoms with van der Waals surface area (Å²) >= 11 is 0. The molecule has 0 bridgehead atoms.